The highest BCUT2D eigenvalue weighted by atomic mass is 32.2. The fourth-order valence-electron chi connectivity index (χ4n) is 5.09. The molecule has 0 atom stereocenters. The summed E-state index contributed by atoms with van der Waals surface area (Å²) in [5.41, 5.74) is -16.4. The first-order valence-corrected chi connectivity index (χ1v) is 20.6. The van der Waals surface area contributed by atoms with Gasteiger partial charge < -0.3 is 36.1 Å². The maximum atomic E-state index is 13.7. The molecule has 0 unspecified atom stereocenters. The molecule has 64 heavy (non-hydrogen) atoms. The summed E-state index contributed by atoms with van der Waals surface area (Å²) in [6.07, 6.45) is 0. The molecule has 0 aliphatic rings. The lowest BCUT2D eigenvalue weighted by Gasteiger charge is -2.16. The summed E-state index contributed by atoms with van der Waals surface area (Å²) in [7, 11) is -13.4. The number of hydrogen-bond donors (Lipinski definition) is 0. The van der Waals surface area contributed by atoms with Crippen molar-refractivity contribution in [2.45, 2.75) is 38.7 Å². The zero-order valence-corrected chi connectivity index (χ0v) is 34.5. The Morgan fingerprint density at radius 3 is 0.984 bits per heavy atom. The number of hydrogen-bond acceptors (Lipinski definition) is 20. The van der Waals surface area contributed by atoms with Crippen LogP contribution < -0.4 is 8.37 Å². The number of halogens is 6. The standard InChI is InChI=1S/C36H28F6N4O16S2/c1-5-55-31(47)19-9-17(10-20(13-19)32(48)56-6-2)27-43-45-29(59-27)23-15-26(62-64(53,54)36(40,41)42)24(16-25(23)61-63(51,52)35(37,38)39)30-46-44-28(60-30)18-11-21(33(49)57-7-3)14-22(12-18)34(50)58-8-4/h9-16H,5-8H2,1-4H3. The van der Waals surface area contributed by atoms with Crippen molar-refractivity contribution in [3.8, 4) is 57.3 Å². The van der Waals surface area contributed by atoms with E-state index in [1.807, 2.05) is 0 Å². The maximum absolute atomic E-state index is 13.7. The van der Waals surface area contributed by atoms with Crippen molar-refractivity contribution in [2.24, 2.45) is 0 Å². The summed E-state index contributed by atoms with van der Waals surface area (Å²) in [5, 5.41) is 14.5. The van der Waals surface area contributed by atoms with E-state index in [1.165, 1.54) is 27.7 Å². The zero-order valence-electron chi connectivity index (χ0n) is 32.9. The van der Waals surface area contributed by atoms with Crippen LogP contribution in [0.1, 0.15) is 69.1 Å². The Kier molecular flexibility index (Phi) is 14.0. The van der Waals surface area contributed by atoms with Crippen molar-refractivity contribution < 1.29 is 98.5 Å². The number of ether oxygens (including phenoxy) is 4. The topological polar surface area (TPSA) is 270 Å². The highest BCUT2D eigenvalue weighted by Crippen LogP contribution is 2.44. The van der Waals surface area contributed by atoms with Gasteiger partial charge in [0.2, 0.25) is 11.8 Å². The molecule has 2 aromatic heterocycles. The highest BCUT2D eigenvalue weighted by Gasteiger charge is 2.50. The number of aromatic nitrogens is 4. The molecule has 5 rings (SSSR count). The van der Waals surface area contributed by atoms with E-state index < -0.39 is 101 Å². The first-order chi connectivity index (χ1) is 29.9. The molecule has 0 aliphatic heterocycles. The molecule has 0 aliphatic carbocycles. The minimum Gasteiger partial charge on any atom is -0.462 e. The molecule has 0 spiro atoms. The Morgan fingerprint density at radius 1 is 0.469 bits per heavy atom. The van der Waals surface area contributed by atoms with Gasteiger partial charge in [0.1, 0.15) is 0 Å². The summed E-state index contributed by atoms with van der Waals surface area (Å²) >= 11 is 0. The fraction of sp³-hybridized carbons (Fsp3) is 0.278. The summed E-state index contributed by atoms with van der Waals surface area (Å²) in [6.45, 7) is 5.36. The van der Waals surface area contributed by atoms with Crippen molar-refractivity contribution in [3.63, 3.8) is 0 Å². The Hall–Kier alpha value is -7.10. The second kappa shape index (κ2) is 18.7. The van der Waals surface area contributed by atoms with Gasteiger partial charge in [0, 0.05) is 11.1 Å². The zero-order chi connectivity index (χ0) is 47.4. The SMILES string of the molecule is CCOC(=O)c1cc(C(=O)OCC)cc(-c2nnc(-c3cc(OS(=O)(=O)C(F)(F)F)c(-c4nnc(-c5cc(C(=O)OCC)cc(C(=O)OCC)c5)o4)cc3OS(=O)(=O)C(F)(F)F)o2)c1. The van der Waals surface area contributed by atoms with Gasteiger partial charge in [-0.3, -0.25) is 0 Å². The summed E-state index contributed by atoms with van der Waals surface area (Å²) in [6, 6.07) is 6.66. The molecule has 2 heterocycles. The van der Waals surface area contributed by atoms with Crippen LogP contribution in [-0.2, 0) is 39.2 Å². The predicted molar refractivity (Wildman–Crippen MR) is 199 cm³/mol. The highest BCUT2D eigenvalue weighted by molar-refractivity contribution is 7.88. The maximum Gasteiger partial charge on any atom is 0.534 e. The fourth-order valence-corrected chi connectivity index (χ4v) is 6.03. The molecular weight excluding hydrogens is 923 g/mol. The smallest absolute Gasteiger partial charge is 0.462 e. The van der Waals surface area contributed by atoms with E-state index in [2.05, 4.69) is 28.8 Å². The molecule has 342 valence electrons. The van der Waals surface area contributed by atoms with E-state index in [1.54, 1.807) is 0 Å². The minimum atomic E-state index is -6.70. The summed E-state index contributed by atoms with van der Waals surface area (Å²) in [5.74, 6) is -10.4. The lowest BCUT2D eigenvalue weighted by Crippen LogP contribution is -2.29. The molecule has 20 nitrogen and oxygen atoms in total. The van der Waals surface area contributed by atoms with Crippen molar-refractivity contribution >= 4 is 44.1 Å². The number of carbonyl (C=O) groups excluding carboxylic acids is 4. The van der Waals surface area contributed by atoms with Gasteiger partial charge in [-0.1, -0.05) is 0 Å². The van der Waals surface area contributed by atoms with E-state index in [0.717, 1.165) is 36.4 Å². The molecule has 0 N–H and O–H groups in total. The number of alkyl halides is 6. The molecule has 0 saturated heterocycles. The van der Waals surface area contributed by atoms with Crippen molar-refractivity contribution in [3.05, 3.63) is 70.8 Å². The van der Waals surface area contributed by atoms with Gasteiger partial charge in [0.25, 0.3) is 11.8 Å². The molecule has 0 saturated carbocycles. The number of nitrogens with zero attached hydrogens (tertiary/aromatic N) is 4. The summed E-state index contributed by atoms with van der Waals surface area (Å²) < 4.78 is 171. The van der Waals surface area contributed by atoms with E-state index in [0.29, 0.717) is 0 Å². The molecule has 3 aromatic carbocycles. The van der Waals surface area contributed by atoms with Crippen molar-refractivity contribution in [1.29, 1.82) is 0 Å². The first kappa shape index (κ1) is 47.9. The first-order valence-electron chi connectivity index (χ1n) is 17.8. The van der Waals surface area contributed by atoms with Crippen LogP contribution in [-0.4, -0.2) is 98.6 Å². The average molecular weight is 951 g/mol. The van der Waals surface area contributed by atoms with E-state index in [4.69, 9.17) is 27.8 Å². The number of benzene rings is 3. The third-order valence-corrected chi connectivity index (χ3v) is 9.69. The van der Waals surface area contributed by atoms with Gasteiger partial charge in [-0.2, -0.15) is 43.2 Å². The van der Waals surface area contributed by atoms with Crippen LogP contribution in [0, 0.1) is 0 Å². The molecule has 0 radical (unpaired) electrons. The second-order valence-corrected chi connectivity index (χ2v) is 15.2. The van der Waals surface area contributed by atoms with E-state index >= 15 is 0 Å². The normalized spacial score (nSPS) is 12.0. The number of esters is 4. The third kappa shape index (κ3) is 10.6. The van der Waals surface area contributed by atoms with Crippen LogP contribution in [0.2, 0.25) is 0 Å². The van der Waals surface area contributed by atoms with Gasteiger partial charge in [-0.15, -0.1) is 20.4 Å². The average Bonchev–Trinajstić information content (AvgIpc) is 3.92. The predicted octanol–water partition coefficient (Wildman–Crippen LogP) is 6.28. The van der Waals surface area contributed by atoms with Crippen LogP contribution >= 0.6 is 0 Å². The number of rotatable bonds is 16. The molecule has 0 fully saturated rings. The Labute approximate surface area is 355 Å². The lowest BCUT2D eigenvalue weighted by atomic mass is 10.1. The van der Waals surface area contributed by atoms with Gasteiger partial charge in [0.15, 0.2) is 11.5 Å². The van der Waals surface area contributed by atoms with Crippen LogP contribution in [0.3, 0.4) is 0 Å². The van der Waals surface area contributed by atoms with E-state index in [9.17, 15) is 62.4 Å². The van der Waals surface area contributed by atoms with Gasteiger partial charge in [-0.05, 0) is 76.2 Å². The molecular formula is C36H28F6N4O16S2. The van der Waals surface area contributed by atoms with Crippen molar-refractivity contribution in [2.75, 3.05) is 26.4 Å². The quantitative estimate of drug-likeness (QED) is 0.0346. The van der Waals surface area contributed by atoms with Gasteiger partial charge >= 0.3 is 55.1 Å². The third-order valence-electron chi connectivity index (χ3n) is 7.76. The van der Waals surface area contributed by atoms with Gasteiger partial charge in [0.05, 0.1) is 59.8 Å². The van der Waals surface area contributed by atoms with Crippen LogP contribution in [0.15, 0.2) is 57.4 Å². The largest absolute Gasteiger partial charge is 0.534 e. The molecule has 0 bridgehead atoms. The van der Waals surface area contributed by atoms with E-state index in [-0.39, 0.29) is 71.9 Å². The number of carbonyl (C=O) groups is 4. The van der Waals surface area contributed by atoms with Crippen LogP contribution in [0.4, 0.5) is 26.3 Å². The molecule has 0 amide bonds. The Morgan fingerprint density at radius 2 is 0.734 bits per heavy atom. The minimum absolute atomic E-state index is 0.124. The van der Waals surface area contributed by atoms with Crippen molar-refractivity contribution in [1.82, 2.24) is 20.4 Å². The molecule has 28 heteroatoms. The van der Waals surface area contributed by atoms with Crippen LogP contribution in [0.5, 0.6) is 11.5 Å². The monoisotopic (exact) mass is 950 g/mol. The Bertz CT molecular complexity index is 2580. The Balaban J connectivity index is 1.77. The lowest BCUT2D eigenvalue weighted by molar-refractivity contribution is -0.0505. The van der Waals surface area contributed by atoms with Crippen LogP contribution in [0.25, 0.3) is 45.8 Å². The molecule has 5 aromatic rings. The summed E-state index contributed by atoms with van der Waals surface area (Å²) in [4.78, 5) is 50.5. The van der Waals surface area contributed by atoms with Gasteiger partial charge in [-0.25, -0.2) is 19.2 Å². The second-order valence-electron chi connectivity index (χ2n) is 12.1.